The number of benzene rings is 1. The first kappa shape index (κ1) is 14.1. The Balaban J connectivity index is 1.91. The molecule has 0 spiro atoms. The van der Waals surface area contributed by atoms with Crippen molar-refractivity contribution in [2.75, 3.05) is 0 Å². The molecule has 5 heteroatoms. The van der Waals surface area contributed by atoms with Crippen molar-refractivity contribution in [3.8, 4) is 0 Å². The Labute approximate surface area is 128 Å². The molecule has 2 aromatic rings. The number of hydrogen-bond acceptors (Lipinski definition) is 3. The monoisotopic (exact) mass is 304 g/mol. The third kappa shape index (κ3) is 2.81. The number of hydrogen-bond donors (Lipinski definition) is 0. The molecule has 1 fully saturated rings. The molecule has 1 aliphatic rings. The minimum absolute atomic E-state index is 0.0934. The summed E-state index contributed by atoms with van der Waals surface area (Å²) in [6, 6.07) is 9.48. The van der Waals surface area contributed by atoms with Gasteiger partial charge in [-0.05, 0) is 38.3 Å². The van der Waals surface area contributed by atoms with E-state index < -0.39 is 0 Å². The van der Waals surface area contributed by atoms with E-state index in [0.29, 0.717) is 16.5 Å². The first-order chi connectivity index (χ1) is 10.1. The van der Waals surface area contributed by atoms with Gasteiger partial charge in [0.2, 0.25) is 5.76 Å². The first-order valence-corrected chi connectivity index (χ1v) is 7.46. The largest absolute Gasteiger partial charge is 0.351 e. The van der Waals surface area contributed by atoms with E-state index >= 15 is 0 Å². The predicted molar refractivity (Wildman–Crippen MR) is 80.3 cm³/mol. The van der Waals surface area contributed by atoms with Gasteiger partial charge in [-0.1, -0.05) is 35.0 Å². The molecular formula is C16H17ClN2O2. The molecule has 1 atom stereocenters. The van der Waals surface area contributed by atoms with Gasteiger partial charge in [-0.25, -0.2) is 0 Å². The van der Waals surface area contributed by atoms with Crippen LogP contribution in [0.15, 0.2) is 34.9 Å². The molecule has 1 unspecified atom stereocenters. The molecule has 1 heterocycles. The topological polar surface area (TPSA) is 46.3 Å². The van der Waals surface area contributed by atoms with Crippen molar-refractivity contribution >= 4 is 17.5 Å². The Kier molecular flexibility index (Phi) is 3.72. The van der Waals surface area contributed by atoms with E-state index in [2.05, 4.69) is 5.16 Å². The van der Waals surface area contributed by atoms with Crippen LogP contribution >= 0.6 is 11.6 Å². The molecule has 110 valence electrons. The van der Waals surface area contributed by atoms with Crippen LogP contribution in [0, 0.1) is 6.92 Å². The van der Waals surface area contributed by atoms with Crippen LogP contribution in [0.2, 0.25) is 5.02 Å². The average molecular weight is 305 g/mol. The van der Waals surface area contributed by atoms with Gasteiger partial charge in [0.15, 0.2) is 0 Å². The highest BCUT2D eigenvalue weighted by atomic mass is 35.5. The van der Waals surface area contributed by atoms with Gasteiger partial charge < -0.3 is 9.42 Å². The lowest BCUT2D eigenvalue weighted by atomic mass is 10.1. The first-order valence-electron chi connectivity index (χ1n) is 7.08. The molecule has 0 saturated heterocycles. The number of amides is 1. The summed E-state index contributed by atoms with van der Waals surface area (Å²) in [4.78, 5) is 14.6. The van der Waals surface area contributed by atoms with Gasteiger partial charge in [0, 0.05) is 17.1 Å². The number of carbonyl (C=O) groups is 1. The highest BCUT2D eigenvalue weighted by molar-refractivity contribution is 6.31. The van der Waals surface area contributed by atoms with Gasteiger partial charge in [0.25, 0.3) is 5.91 Å². The predicted octanol–water partition coefficient (Wildman–Crippen LogP) is 4.00. The summed E-state index contributed by atoms with van der Waals surface area (Å²) in [7, 11) is 0. The lowest BCUT2D eigenvalue weighted by Gasteiger charge is -2.29. The Bertz CT molecular complexity index is 664. The number of aryl methyl sites for hydroxylation is 1. The van der Waals surface area contributed by atoms with Crippen molar-refractivity contribution in [1.82, 2.24) is 10.1 Å². The van der Waals surface area contributed by atoms with E-state index in [1.165, 1.54) is 0 Å². The Morgan fingerprint density at radius 2 is 2.14 bits per heavy atom. The standard InChI is InChI=1S/C16H17ClN2O2/c1-10-9-15(21-18-10)16(20)19(12-7-8-12)11(2)13-5-3-4-6-14(13)17/h3-6,9,11-12H,7-8H2,1-2H3. The highest BCUT2D eigenvalue weighted by Gasteiger charge is 2.38. The fourth-order valence-electron chi connectivity index (χ4n) is 2.57. The molecule has 0 N–H and O–H groups in total. The summed E-state index contributed by atoms with van der Waals surface area (Å²) in [5, 5.41) is 4.48. The van der Waals surface area contributed by atoms with E-state index in [4.69, 9.17) is 16.1 Å². The van der Waals surface area contributed by atoms with Crippen molar-refractivity contribution in [1.29, 1.82) is 0 Å². The van der Waals surface area contributed by atoms with Crippen LogP contribution in [-0.2, 0) is 0 Å². The van der Waals surface area contributed by atoms with Gasteiger partial charge in [-0.3, -0.25) is 4.79 Å². The lowest BCUT2D eigenvalue weighted by Crippen LogP contribution is -2.35. The fraction of sp³-hybridized carbons (Fsp3) is 0.375. The number of aromatic nitrogens is 1. The third-order valence-corrected chi connectivity index (χ3v) is 4.13. The van der Waals surface area contributed by atoms with Crippen LogP contribution in [0.1, 0.15) is 47.6 Å². The van der Waals surface area contributed by atoms with Gasteiger partial charge >= 0.3 is 0 Å². The average Bonchev–Trinajstić information content (AvgIpc) is 3.20. The van der Waals surface area contributed by atoms with Crippen LogP contribution in [0.25, 0.3) is 0 Å². The van der Waals surface area contributed by atoms with Crippen LogP contribution in [0.3, 0.4) is 0 Å². The second kappa shape index (κ2) is 5.53. The molecular weight excluding hydrogens is 288 g/mol. The minimum atomic E-state index is -0.120. The van der Waals surface area contributed by atoms with Crippen molar-refractivity contribution in [2.45, 2.75) is 38.8 Å². The van der Waals surface area contributed by atoms with Gasteiger partial charge in [-0.15, -0.1) is 0 Å². The zero-order chi connectivity index (χ0) is 15.0. The van der Waals surface area contributed by atoms with Gasteiger partial charge in [0.05, 0.1) is 11.7 Å². The number of nitrogens with zero attached hydrogens (tertiary/aromatic N) is 2. The van der Waals surface area contributed by atoms with Crippen LogP contribution in [0.4, 0.5) is 0 Å². The maximum absolute atomic E-state index is 12.7. The summed E-state index contributed by atoms with van der Waals surface area (Å²) < 4.78 is 5.13. The molecule has 3 rings (SSSR count). The molecule has 0 aliphatic heterocycles. The van der Waals surface area contributed by atoms with Crippen molar-refractivity contribution in [3.63, 3.8) is 0 Å². The maximum Gasteiger partial charge on any atom is 0.293 e. The van der Waals surface area contributed by atoms with E-state index in [9.17, 15) is 4.79 Å². The Hall–Kier alpha value is -1.81. The summed E-state index contributed by atoms with van der Waals surface area (Å²) in [5.74, 6) is 0.170. The SMILES string of the molecule is Cc1cc(C(=O)N(C2CC2)C(C)c2ccccc2Cl)on1. The molecule has 0 bridgehead atoms. The molecule has 21 heavy (non-hydrogen) atoms. The van der Waals surface area contributed by atoms with Crippen LogP contribution in [-0.4, -0.2) is 22.0 Å². The third-order valence-electron chi connectivity index (χ3n) is 3.79. The van der Waals surface area contributed by atoms with Crippen molar-refractivity contribution in [2.24, 2.45) is 0 Å². The highest BCUT2D eigenvalue weighted by Crippen LogP contribution is 2.37. The summed E-state index contributed by atoms with van der Waals surface area (Å²) in [6.07, 6.45) is 2.04. The van der Waals surface area contributed by atoms with E-state index in [1.54, 1.807) is 13.0 Å². The Morgan fingerprint density at radius 1 is 1.43 bits per heavy atom. The smallest absolute Gasteiger partial charge is 0.293 e. The summed E-state index contributed by atoms with van der Waals surface area (Å²) in [5.41, 5.74) is 1.66. The van der Waals surface area contributed by atoms with Crippen LogP contribution in [0.5, 0.6) is 0 Å². The normalized spacial score (nSPS) is 15.8. The van der Waals surface area contributed by atoms with E-state index in [1.807, 2.05) is 36.1 Å². The molecule has 4 nitrogen and oxygen atoms in total. The van der Waals surface area contributed by atoms with Crippen molar-refractivity contribution in [3.05, 3.63) is 52.4 Å². The zero-order valence-electron chi connectivity index (χ0n) is 12.0. The second-order valence-electron chi connectivity index (χ2n) is 5.47. The number of rotatable bonds is 4. The van der Waals surface area contributed by atoms with Gasteiger partial charge in [-0.2, -0.15) is 0 Å². The van der Waals surface area contributed by atoms with E-state index in [-0.39, 0.29) is 18.0 Å². The van der Waals surface area contributed by atoms with Crippen molar-refractivity contribution < 1.29 is 9.32 Å². The summed E-state index contributed by atoms with van der Waals surface area (Å²) in [6.45, 7) is 3.81. The van der Waals surface area contributed by atoms with Crippen LogP contribution < -0.4 is 0 Å². The summed E-state index contributed by atoms with van der Waals surface area (Å²) >= 11 is 6.27. The zero-order valence-corrected chi connectivity index (χ0v) is 12.8. The number of halogens is 1. The quantitative estimate of drug-likeness (QED) is 0.857. The minimum Gasteiger partial charge on any atom is -0.351 e. The molecule has 1 aromatic heterocycles. The molecule has 0 radical (unpaired) electrons. The molecule has 1 amide bonds. The maximum atomic E-state index is 12.7. The fourth-order valence-corrected chi connectivity index (χ4v) is 2.86. The molecule has 1 aliphatic carbocycles. The Morgan fingerprint density at radius 3 is 2.71 bits per heavy atom. The van der Waals surface area contributed by atoms with Gasteiger partial charge in [0.1, 0.15) is 0 Å². The molecule has 1 aromatic carbocycles. The number of carbonyl (C=O) groups excluding carboxylic acids is 1. The molecule has 1 saturated carbocycles. The lowest BCUT2D eigenvalue weighted by molar-refractivity contribution is 0.0631. The second-order valence-corrected chi connectivity index (χ2v) is 5.88. The van der Waals surface area contributed by atoms with E-state index in [0.717, 1.165) is 18.4 Å².